The number of halogens is 1. The zero-order valence-corrected chi connectivity index (χ0v) is 15.2. The van der Waals surface area contributed by atoms with Crippen LogP contribution in [0.5, 0.6) is 0 Å². The molecule has 2 heterocycles. The van der Waals surface area contributed by atoms with E-state index < -0.39 is 0 Å². The van der Waals surface area contributed by atoms with E-state index in [1.54, 1.807) is 6.20 Å². The lowest BCUT2D eigenvalue weighted by Crippen LogP contribution is -1.99. The monoisotopic (exact) mass is 388 g/mol. The molecular formula is C22H17BrN2. The largest absolute Gasteiger partial charge is 0.255 e. The standard InChI is InChI=1S/C22H17BrN2/c23-19-11-9-17(10-12-19)21-14-18(16-6-2-1-3-7-16)15-22(25-21)20-8-4-5-13-24-20/h1-11,13-15,19H,12H2. The van der Waals surface area contributed by atoms with Gasteiger partial charge >= 0.3 is 0 Å². The van der Waals surface area contributed by atoms with Crippen LogP contribution in [0, 0.1) is 0 Å². The molecule has 1 aliphatic carbocycles. The first-order valence-corrected chi connectivity index (χ1v) is 9.23. The number of allylic oxidation sites excluding steroid dienone is 4. The zero-order valence-electron chi connectivity index (χ0n) is 13.6. The van der Waals surface area contributed by atoms with Crippen LogP contribution in [0.1, 0.15) is 12.1 Å². The van der Waals surface area contributed by atoms with Crippen molar-refractivity contribution >= 4 is 21.5 Å². The fourth-order valence-electron chi connectivity index (χ4n) is 2.91. The maximum atomic E-state index is 4.88. The van der Waals surface area contributed by atoms with Crippen LogP contribution in [-0.4, -0.2) is 14.8 Å². The second-order valence-corrected chi connectivity index (χ2v) is 7.15. The molecule has 0 bridgehead atoms. The first-order chi connectivity index (χ1) is 12.3. The van der Waals surface area contributed by atoms with Crippen molar-refractivity contribution in [3.63, 3.8) is 0 Å². The number of hydrogen-bond acceptors (Lipinski definition) is 2. The van der Waals surface area contributed by atoms with Gasteiger partial charge in [0.1, 0.15) is 0 Å². The molecule has 1 atom stereocenters. The van der Waals surface area contributed by atoms with Crippen LogP contribution in [0.15, 0.2) is 85.1 Å². The number of pyridine rings is 2. The highest BCUT2D eigenvalue weighted by atomic mass is 79.9. The summed E-state index contributed by atoms with van der Waals surface area (Å²) in [4.78, 5) is 9.76. The fraction of sp³-hybridized carbons (Fsp3) is 0.0909. The van der Waals surface area contributed by atoms with Gasteiger partial charge in [-0.25, -0.2) is 4.98 Å². The summed E-state index contributed by atoms with van der Waals surface area (Å²) in [5.41, 5.74) is 6.26. The molecule has 1 unspecified atom stereocenters. The lowest BCUT2D eigenvalue weighted by Gasteiger charge is -2.13. The van der Waals surface area contributed by atoms with E-state index in [0.29, 0.717) is 4.83 Å². The van der Waals surface area contributed by atoms with Gasteiger partial charge in [0.25, 0.3) is 0 Å². The molecule has 2 aromatic heterocycles. The van der Waals surface area contributed by atoms with E-state index in [0.717, 1.165) is 34.6 Å². The minimum Gasteiger partial charge on any atom is -0.255 e. The summed E-state index contributed by atoms with van der Waals surface area (Å²) in [6.07, 6.45) is 9.33. The molecule has 1 aliphatic rings. The SMILES string of the molecule is BrC1C=CC(c2cc(-c3ccccc3)cc(-c3ccccn3)n2)=CC1. The summed E-state index contributed by atoms with van der Waals surface area (Å²) < 4.78 is 0. The molecular weight excluding hydrogens is 372 g/mol. The smallest absolute Gasteiger partial charge is 0.0899 e. The van der Waals surface area contributed by atoms with Crippen molar-refractivity contribution in [3.05, 3.63) is 90.8 Å². The Hall–Kier alpha value is -2.52. The Labute approximate surface area is 156 Å². The summed E-state index contributed by atoms with van der Waals surface area (Å²) >= 11 is 3.63. The third kappa shape index (κ3) is 3.62. The Bertz CT molecular complexity index is 873. The maximum Gasteiger partial charge on any atom is 0.0899 e. The third-order valence-corrected chi connectivity index (χ3v) is 4.88. The minimum absolute atomic E-state index is 0.406. The van der Waals surface area contributed by atoms with E-state index in [1.165, 1.54) is 5.56 Å². The van der Waals surface area contributed by atoms with Crippen LogP contribution in [0.25, 0.3) is 28.1 Å². The van der Waals surface area contributed by atoms with Gasteiger partial charge in [-0.1, -0.05) is 70.6 Å². The first kappa shape index (κ1) is 16.0. The molecule has 1 aromatic carbocycles. The molecule has 4 rings (SSSR count). The van der Waals surface area contributed by atoms with E-state index in [2.05, 4.69) is 75.5 Å². The summed E-state index contributed by atoms with van der Waals surface area (Å²) in [6.45, 7) is 0. The Morgan fingerprint density at radius 1 is 0.840 bits per heavy atom. The van der Waals surface area contributed by atoms with Gasteiger partial charge < -0.3 is 0 Å². The van der Waals surface area contributed by atoms with Gasteiger partial charge in [0.2, 0.25) is 0 Å². The van der Waals surface area contributed by atoms with E-state index in [4.69, 9.17) is 4.98 Å². The van der Waals surface area contributed by atoms with Crippen molar-refractivity contribution < 1.29 is 0 Å². The molecule has 0 aliphatic heterocycles. The number of rotatable bonds is 3. The minimum atomic E-state index is 0.406. The highest BCUT2D eigenvalue weighted by molar-refractivity contribution is 9.09. The topological polar surface area (TPSA) is 25.8 Å². The van der Waals surface area contributed by atoms with Crippen molar-refractivity contribution in [2.75, 3.05) is 0 Å². The molecule has 0 spiro atoms. The second-order valence-electron chi connectivity index (χ2n) is 5.98. The molecule has 0 saturated carbocycles. The Morgan fingerprint density at radius 3 is 2.36 bits per heavy atom. The van der Waals surface area contributed by atoms with Crippen LogP contribution < -0.4 is 0 Å². The van der Waals surface area contributed by atoms with E-state index in [-0.39, 0.29) is 0 Å². The van der Waals surface area contributed by atoms with Crippen molar-refractivity contribution in [3.8, 4) is 22.5 Å². The number of nitrogens with zero attached hydrogens (tertiary/aromatic N) is 2. The average Bonchev–Trinajstić information content (AvgIpc) is 2.69. The lowest BCUT2D eigenvalue weighted by atomic mass is 9.98. The average molecular weight is 389 g/mol. The molecule has 122 valence electrons. The molecule has 3 heteroatoms. The van der Waals surface area contributed by atoms with Crippen molar-refractivity contribution in [2.45, 2.75) is 11.2 Å². The Kier molecular flexibility index (Phi) is 4.57. The van der Waals surface area contributed by atoms with Crippen molar-refractivity contribution in [1.82, 2.24) is 9.97 Å². The molecule has 0 amide bonds. The Morgan fingerprint density at radius 2 is 1.64 bits per heavy atom. The van der Waals surface area contributed by atoms with Crippen molar-refractivity contribution in [2.24, 2.45) is 0 Å². The van der Waals surface area contributed by atoms with E-state index in [1.807, 2.05) is 24.3 Å². The first-order valence-electron chi connectivity index (χ1n) is 8.31. The van der Waals surface area contributed by atoms with Crippen LogP contribution in [-0.2, 0) is 0 Å². The predicted molar refractivity (Wildman–Crippen MR) is 107 cm³/mol. The highest BCUT2D eigenvalue weighted by Gasteiger charge is 2.12. The summed E-state index contributed by atoms with van der Waals surface area (Å²) in [5.74, 6) is 0. The lowest BCUT2D eigenvalue weighted by molar-refractivity contribution is 1.07. The molecule has 2 nitrogen and oxygen atoms in total. The quantitative estimate of drug-likeness (QED) is 0.520. The number of hydrogen-bond donors (Lipinski definition) is 0. The van der Waals surface area contributed by atoms with Crippen LogP contribution >= 0.6 is 15.9 Å². The van der Waals surface area contributed by atoms with Gasteiger partial charge in [-0.2, -0.15) is 0 Å². The third-order valence-electron chi connectivity index (χ3n) is 4.20. The maximum absolute atomic E-state index is 4.88. The fourth-order valence-corrected chi connectivity index (χ4v) is 3.24. The highest BCUT2D eigenvalue weighted by Crippen LogP contribution is 2.30. The van der Waals surface area contributed by atoms with Gasteiger partial charge in [-0.05, 0) is 47.4 Å². The summed E-state index contributed by atoms with van der Waals surface area (Å²) in [7, 11) is 0. The normalized spacial score (nSPS) is 16.5. The van der Waals surface area contributed by atoms with Crippen molar-refractivity contribution in [1.29, 1.82) is 0 Å². The van der Waals surface area contributed by atoms with Crippen LogP contribution in [0.3, 0.4) is 0 Å². The van der Waals surface area contributed by atoms with Gasteiger partial charge in [-0.3, -0.25) is 4.98 Å². The Balaban J connectivity index is 1.85. The zero-order chi connectivity index (χ0) is 17.1. The van der Waals surface area contributed by atoms with Gasteiger partial charge in [-0.15, -0.1) is 0 Å². The van der Waals surface area contributed by atoms with Gasteiger partial charge in [0, 0.05) is 11.0 Å². The van der Waals surface area contributed by atoms with Crippen LogP contribution in [0.4, 0.5) is 0 Å². The number of aromatic nitrogens is 2. The molecule has 0 N–H and O–H groups in total. The van der Waals surface area contributed by atoms with Gasteiger partial charge in [0.15, 0.2) is 0 Å². The summed E-state index contributed by atoms with van der Waals surface area (Å²) in [5, 5.41) is 0. The number of alkyl halides is 1. The molecule has 0 fully saturated rings. The summed E-state index contributed by atoms with van der Waals surface area (Å²) in [6, 6.07) is 20.6. The molecule has 0 radical (unpaired) electrons. The number of benzene rings is 1. The van der Waals surface area contributed by atoms with Crippen LogP contribution in [0.2, 0.25) is 0 Å². The van der Waals surface area contributed by atoms with E-state index in [9.17, 15) is 0 Å². The molecule has 3 aromatic rings. The predicted octanol–water partition coefficient (Wildman–Crippen LogP) is 5.92. The molecule has 25 heavy (non-hydrogen) atoms. The van der Waals surface area contributed by atoms with E-state index >= 15 is 0 Å². The second kappa shape index (κ2) is 7.16. The van der Waals surface area contributed by atoms with Gasteiger partial charge in [0.05, 0.1) is 17.1 Å². The molecule has 0 saturated heterocycles.